The molecular formula is C28H39N9O2. The second-order valence-electron chi connectivity index (χ2n) is 11.0. The second-order valence-corrected chi connectivity index (χ2v) is 11.0. The number of amides is 1. The largest absolute Gasteiger partial charge is 0.494 e. The van der Waals surface area contributed by atoms with Gasteiger partial charge in [0.05, 0.1) is 30.4 Å². The zero-order valence-electron chi connectivity index (χ0n) is 23.7. The number of rotatable bonds is 13. The van der Waals surface area contributed by atoms with E-state index in [4.69, 9.17) is 4.74 Å². The van der Waals surface area contributed by atoms with Gasteiger partial charge in [-0.2, -0.15) is 10.2 Å². The summed E-state index contributed by atoms with van der Waals surface area (Å²) >= 11 is 0. The number of benzene rings is 1. The van der Waals surface area contributed by atoms with Gasteiger partial charge < -0.3 is 35.4 Å². The Morgan fingerprint density at radius 1 is 1.15 bits per heavy atom. The van der Waals surface area contributed by atoms with E-state index in [1.54, 1.807) is 7.11 Å². The molecule has 39 heavy (non-hydrogen) atoms. The number of nitrogens with one attached hydrogen (secondary N) is 3. The summed E-state index contributed by atoms with van der Waals surface area (Å²) in [5.74, 6) is 2.01. The third-order valence-corrected chi connectivity index (χ3v) is 7.19. The predicted octanol–water partition coefficient (Wildman–Crippen LogP) is 3.12. The topological polar surface area (TPSA) is 122 Å². The molecule has 1 aromatic heterocycles. The fraction of sp³-hybridized carbons (Fsp3) is 0.500. The molecule has 1 heterocycles. The smallest absolute Gasteiger partial charge is 0.248 e. The standard InChI is InChI=1S/C28H39N9O2/c1-35(2)9-7-8-25(38)31-21-12-22(24(39-6)13-23(21)37(5)11-10-36(3)4)32-27-30-18-20(17-29)26(33-27)34-28-14-19(15-28)16-28/h7-8,12-13,18-19H,9-11,14-16H2,1-6H3,(H,31,38)(H2,30,32,33,34)/b8-7+. The lowest BCUT2D eigenvalue weighted by Crippen LogP contribution is -2.63. The van der Waals surface area contributed by atoms with Crippen LogP contribution in [0, 0.1) is 17.2 Å². The molecule has 0 spiro atoms. The Hall–Kier alpha value is -3.88. The number of methoxy groups -OCH3 is 1. The first-order valence-electron chi connectivity index (χ1n) is 13.1. The number of aromatic nitrogens is 2. The maximum atomic E-state index is 12.8. The summed E-state index contributed by atoms with van der Waals surface area (Å²) < 4.78 is 5.72. The summed E-state index contributed by atoms with van der Waals surface area (Å²) in [6, 6.07) is 5.90. The van der Waals surface area contributed by atoms with Crippen molar-refractivity contribution in [3.8, 4) is 11.8 Å². The molecule has 3 aliphatic rings. The van der Waals surface area contributed by atoms with Crippen LogP contribution in [0.1, 0.15) is 24.8 Å². The molecule has 1 aromatic carbocycles. The monoisotopic (exact) mass is 533 g/mol. The van der Waals surface area contributed by atoms with Crippen LogP contribution in [0.2, 0.25) is 0 Å². The molecule has 208 valence electrons. The first-order valence-corrected chi connectivity index (χ1v) is 13.1. The van der Waals surface area contributed by atoms with Crippen molar-refractivity contribution < 1.29 is 9.53 Å². The summed E-state index contributed by atoms with van der Waals surface area (Å²) in [4.78, 5) is 27.9. The summed E-state index contributed by atoms with van der Waals surface area (Å²) in [5.41, 5.74) is 2.51. The van der Waals surface area contributed by atoms with Crippen LogP contribution in [0.15, 0.2) is 30.5 Å². The molecule has 1 amide bonds. The van der Waals surface area contributed by atoms with Gasteiger partial charge in [-0.05, 0) is 59.4 Å². The number of carbonyl (C=O) groups is 1. The first kappa shape index (κ1) is 28.1. The number of ether oxygens (including phenoxy) is 1. The van der Waals surface area contributed by atoms with Crippen molar-refractivity contribution >= 4 is 34.7 Å². The van der Waals surface area contributed by atoms with Crippen LogP contribution in [-0.4, -0.2) is 93.2 Å². The Morgan fingerprint density at radius 3 is 2.49 bits per heavy atom. The molecule has 0 saturated heterocycles. The number of hydrogen-bond acceptors (Lipinski definition) is 10. The minimum atomic E-state index is -0.227. The number of nitriles is 1. The Bertz CT molecular complexity index is 1250. The highest BCUT2D eigenvalue weighted by Crippen LogP contribution is 2.58. The SMILES string of the molecule is COc1cc(N(C)CCN(C)C)c(NC(=O)/C=C/CN(C)C)cc1Nc1ncc(C#N)c(NC23CC(C2)C3)n1. The van der Waals surface area contributed by atoms with E-state index >= 15 is 0 Å². The quantitative estimate of drug-likeness (QED) is 0.331. The highest BCUT2D eigenvalue weighted by Gasteiger charge is 2.57. The Morgan fingerprint density at radius 2 is 1.90 bits per heavy atom. The lowest BCUT2D eigenvalue weighted by atomic mass is 9.50. The van der Waals surface area contributed by atoms with Gasteiger partial charge in [0.1, 0.15) is 23.2 Å². The van der Waals surface area contributed by atoms with Gasteiger partial charge in [0.2, 0.25) is 11.9 Å². The first-order chi connectivity index (χ1) is 18.6. The number of carbonyl (C=O) groups excluding carboxylic acids is 1. The number of likely N-dealkylation sites (N-methyl/N-ethyl adjacent to an activating group) is 3. The van der Waals surface area contributed by atoms with Gasteiger partial charge in [0.15, 0.2) is 0 Å². The Balaban J connectivity index is 1.62. The molecular weight excluding hydrogens is 494 g/mol. The zero-order valence-corrected chi connectivity index (χ0v) is 23.7. The van der Waals surface area contributed by atoms with E-state index in [0.717, 1.165) is 44.0 Å². The van der Waals surface area contributed by atoms with Crippen LogP contribution in [0.4, 0.5) is 28.8 Å². The molecule has 11 nitrogen and oxygen atoms in total. The van der Waals surface area contributed by atoms with E-state index in [-0.39, 0.29) is 11.4 Å². The molecule has 3 saturated carbocycles. The van der Waals surface area contributed by atoms with E-state index in [0.29, 0.717) is 41.0 Å². The highest BCUT2D eigenvalue weighted by atomic mass is 16.5. The molecule has 0 radical (unpaired) electrons. The van der Waals surface area contributed by atoms with E-state index in [1.807, 2.05) is 58.3 Å². The summed E-state index contributed by atoms with van der Waals surface area (Å²) in [6.07, 6.45) is 8.23. The van der Waals surface area contributed by atoms with Crippen LogP contribution in [-0.2, 0) is 4.79 Å². The lowest BCUT2D eigenvalue weighted by Gasteiger charge is -2.62. The van der Waals surface area contributed by atoms with Crippen molar-refractivity contribution in [1.29, 1.82) is 5.26 Å². The third-order valence-electron chi connectivity index (χ3n) is 7.19. The fourth-order valence-electron chi connectivity index (χ4n) is 4.89. The zero-order chi connectivity index (χ0) is 28.2. The van der Waals surface area contributed by atoms with Gasteiger partial charge >= 0.3 is 0 Å². The van der Waals surface area contributed by atoms with Crippen molar-refractivity contribution in [2.45, 2.75) is 24.8 Å². The van der Waals surface area contributed by atoms with Gasteiger partial charge in [0.25, 0.3) is 0 Å². The molecule has 2 aromatic rings. The molecule has 3 fully saturated rings. The summed E-state index contributed by atoms with van der Waals surface area (Å²) in [6.45, 7) is 2.25. The van der Waals surface area contributed by atoms with Crippen LogP contribution < -0.4 is 25.6 Å². The van der Waals surface area contributed by atoms with Gasteiger partial charge in [-0.3, -0.25) is 4.79 Å². The van der Waals surface area contributed by atoms with Crippen LogP contribution in [0.5, 0.6) is 5.75 Å². The Labute approximate surface area is 230 Å². The number of hydrogen-bond donors (Lipinski definition) is 3. The molecule has 11 heteroatoms. The Kier molecular flexibility index (Phi) is 8.57. The lowest BCUT2D eigenvalue weighted by molar-refractivity contribution is -0.111. The van der Waals surface area contributed by atoms with Crippen LogP contribution in [0.25, 0.3) is 0 Å². The molecule has 0 unspecified atom stereocenters. The average molecular weight is 534 g/mol. The normalized spacial score (nSPS) is 19.3. The minimum absolute atomic E-state index is 0.0654. The fourth-order valence-corrected chi connectivity index (χ4v) is 4.89. The van der Waals surface area contributed by atoms with Crippen molar-refractivity contribution in [3.63, 3.8) is 0 Å². The molecule has 5 rings (SSSR count). The second kappa shape index (κ2) is 11.9. The van der Waals surface area contributed by atoms with Gasteiger partial charge in [0, 0.05) is 44.4 Å². The molecule has 3 N–H and O–H groups in total. The van der Waals surface area contributed by atoms with E-state index in [1.165, 1.54) is 12.3 Å². The van der Waals surface area contributed by atoms with E-state index < -0.39 is 0 Å². The van der Waals surface area contributed by atoms with Gasteiger partial charge in [-0.15, -0.1) is 0 Å². The molecule has 0 atom stereocenters. The number of anilines is 5. The molecule has 2 bridgehead atoms. The number of nitrogens with zero attached hydrogens (tertiary/aromatic N) is 6. The highest BCUT2D eigenvalue weighted by molar-refractivity contribution is 6.02. The van der Waals surface area contributed by atoms with Crippen LogP contribution in [0.3, 0.4) is 0 Å². The average Bonchev–Trinajstić information content (AvgIpc) is 2.84. The van der Waals surface area contributed by atoms with Gasteiger partial charge in [-0.25, -0.2) is 4.98 Å². The van der Waals surface area contributed by atoms with E-state index in [2.05, 4.69) is 41.8 Å². The van der Waals surface area contributed by atoms with Gasteiger partial charge in [-0.1, -0.05) is 6.08 Å². The maximum absolute atomic E-state index is 12.8. The van der Waals surface area contributed by atoms with Crippen molar-refractivity contribution in [1.82, 2.24) is 19.8 Å². The van der Waals surface area contributed by atoms with Crippen molar-refractivity contribution in [2.24, 2.45) is 5.92 Å². The predicted molar refractivity (Wildman–Crippen MR) is 155 cm³/mol. The maximum Gasteiger partial charge on any atom is 0.248 e. The summed E-state index contributed by atoms with van der Waals surface area (Å²) in [7, 11) is 11.5. The molecule has 0 aliphatic heterocycles. The van der Waals surface area contributed by atoms with Crippen LogP contribution >= 0.6 is 0 Å². The minimum Gasteiger partial charge on any atom is -0.494 e. The molecule has 3 aliphatic carbocycles. The van der Waals surface area contributed by atoms with Crippen molar-refractivity contribution in [3.05, 3.63) is 36.0 Å². The third kappa shape index (κ3) is 6.77. The summed E-state index contributed by atoms with van der Waals surface area (Å²) in [5, 5.41) is 19.3. The van der Waals surface area contributed by atoms with E-state index in [9.17, 15) is 10.1 Å². The van der Waals surface area contributed by atoms with Crippen molar-refractivity contribution in [2.75, 3.05) is 82.8 Å².